The van der Waals surface area contributed by atoms with Crippen molar-refractivity contribution in [2.24, 2.45) is 0 Å². The lowest BCUT2D eigenvalue weighted by molar-refractivity contribution is -0.132. The normalized spacial score (nSPS) is 6.25. The van der Waals surface area contributed by atoms with Gasteiger partial charge in [-0.05, 0) is 13.8 Å². The van der Waals surface area contributed by atoms with Crippen molar-refractivity contribution in [2.45, 2.75) is 13.8 Å². The number of aliphatic hydroxyl groups excluding tert-OH is 2. The van der Waals surface area contributed by atoms with E-state index < -0.39 is 11.9 Å². The molecule has 0 atom stereocenters. The van der Waals surface area contributed by atoms with E-state index in [2.05, 4.69) is 13.2 Å². The minimum absolute atomic E-state index is 0.250. The van der Waals surface area contributed by atoms with E-state index in [1.807, 2.05) is 0 Å². The van der Waals surface area contributed by atoms with Crippen LogP contribution in [-0.2, 0) is 9.59 Å². The summed E-state index contributed by atoms with van der Waals surface area (Å²) in [7, 11) is 0. The molecule has 0 saturated carbocycles. The van der Waals surface area contributed by atoms with Crippen molar-refractivity contribution in [3.05, 3.63) is 25.3 Å². The minimum atomic E-state index is -0.981. The zero-order chi connectivity index (χ0) is 14.0. The molecule has 0 radical (unpaired) electrons. The van der Waals surface area contributed by atoms with Crippen LogP contribution in [0.1, 0.15) is 13.8 Å². The van der Waals surface area contributed by atoms with Gasteiger partial charge in [0.1, 0.15) is 0 Å². The van der Waals surface area contributed by atoms with Crippen LogP contribution in [0.2, 0.25) is 0 Å². The van der Waals surface area contributed by atoms with Crippen molar-refractivity contribution in [1.82, 2.24) is 0 Å². The second kappa shape index (κ2) is 29.2. The predicted molar refractivity (Wildman–Crippen MR) is 61.2 cm³/mol. The summed E-state index contributed by atoms with van der Waals surface area (Å²) in [5.74, 6) is -1.96. The average Bonchev–Trinajstić information content (AvgIpc) is 2.21. The first-order valence-electron chi connectivity index (χ1n) is 4.30. The Labute approximate surface area is 95.2 Å². The van der Waals surface area contributed by atoms with Gasteiger partial charge in [-0.25, -0.2) is 9.59 Å². The topological polar surface area (TPSA) is 115 Å². The number of aliphatic carboxylic acids is 2. The lowest BCUT2D eigenvalue weighted by Gasteiger charge is -1.64. The van der Waals surface area contributed by atoms with Gasteiger partial charge in [0.15, 0.2) is 0 Å². The fourth-order valence-electron chi connectivity index (χ4n) is 0. The van der Waals surface area contributed by atoms with Gasteiger partial charge in [0.25, 0.3) is 0 Å². The van der Waals surface area contributed by atoms with Gasteiger partial charge in [-0.3, -0.25) is 0 Å². The molecule has 6 nitrogen and oxygen atoms in total. The van der Waals surface area contributed by atoms with Crippen molar-refractivity contribution >= 4 is 11.9 Å². The molecule has 0 aliphatic heterocycles. The fraction of sp³-hybridized carbons (Fsp3) is 0.400. The van der Waals surface area contributed by atoms with Crippen LogP contribution in [0.15, 0.2) is 25.3 Å². The van der Waals surface area contributed by atoms with Crippen molar-refractivity contribution in [3.63, 3.8) is 0 Å². The van der Waals surface area contributed by atoms with E-state index >= 15 is 0 Å². The van der Waals surface area contributed by atoms with Gasteiger partial charge in [0, 0.05) is 25.4 Å². The summed E-state index contributed by atoms with van der Waals surface area (Å²) in [5, 5.41) is 30.3. The molecule has 96 valence electrons. The fourth-order valence-corrected chi connectivity index (χ4v) is 0. The molecular weight excluding hydrogens is 216 g/mol. The van der Waals surface area contributed by atoms with Crippen LogP contribution in [0, 0.1) is 0 Å². The van der Waals surface area contributed by atoms with Crippen LogP contribution in [0.5, 0.6) is 0 Å². The van der Waals surface area contributed by atoms with Gasteiger partial charge in [-0.15, -0.1) is 0 Å². The third kappa shape index (κ3) is 290. The summed E-state index contributed by atoms with van der Waals surface area (Å²) >= 11 is 0. The minimum Gasteiger partial charge on any atom is -0.478 e. The monoisotopic (exact) mass is 236 g/mol. The molecule has 0 aliphatic rings. The summed E-state index contributed by atoms with van der Waals surface area (Å²) in [5.41, 5.74) is 0. The number of carboxylic acid groups (broad SMARTS) is 2. The van der Waals surface area contributed by atoms with Crippen LogP contribution < -0.4 is 0 Å². The zero-order valence-corrected chi connectivity index (χ0v) is 9.59. The Morgan fingerprint density at radius 2 is 1.00 bits per heavy atom. The molecule has 0 fully saturated rings. The highest BCUT2D eigenvalue weighted by molar-refractivity contribution is 5.79. The van der Waals surface area contributed by atoms with Gasteiger partial charge in [0.05, 0.1) is 0 Å². The van der Waals surface area contributed by atoms with Gasteiger partial charge >= 0.3 is 11.9 Å². The van der Waals surface area contributed by atoms with Gasteiger partial charge in [0.2, 0.25) is 0 Å². The number of hydrogen-bond donors (Lipinski definition) is 4. The summed E-state index contributed by atoms with van der Waals surface area (Å²) < 4.78 is 0. The largest absolute Gasteiger partial charge is 0.478 e. The molecule has 0 amide bonds. The van der Waals surface area contributed by atoms with E-state index in [-0.39, 0.29) is 13.2 Å². The Morgan fingerprint density at radius 3 is 1.00 bits per heavy atom. The van der Waals surface area contributed by atoms with Gasteiger partial charge in [-0.1, -0.05) is 13.2 Å². The molecule has 0 aromatic rings. The molecule has 0 aromatic heterocycles. The smallest absolute Gasteiger partial charge is 0.327 e. The maximum Gasteiger partial charge on any atom is 0.327 e. The summed E-state index contributed by atoms with van der Waals surface area (Å²) in [6, 6.07) is 0. The Balaban J connectivity index is -0.0000000621. The molecular formula is C10H20O6. The SMILES string of the molecule is C=CC(=O)O.C=CC(=O)O.CCO.CCO. The molecule has 0 heterocycles. The third-order valence-electron chi connectivity index (χ3n) is 0.349. The molecule has 6 heteroatoms. The van der Waals surface area contributed by atoms with Crippen molar-refractivity contribution in [3.8, 4) is 0 Å². The number of carbonyl (C=O) groups is 2. The van der Waals surface area contributed by atoms with Crippen LogP contribution in [0.4, 0.5) is 0 Å². The number of aliphatic hydroxyl groups is 2. The van der Waals surface area contributed by atoms with Crippen LogP contribution in [-0.4, -0.2) is 45.6 Å². The molecule has 0 bridgehead atoms. The Kier molecular flexibility index (Phi) is 43.6. The molecule has 0 aromatic carbocycles. The molecule has 0 spiro atoms. The standard InChI is InChI=1S/2C3H4O2.2C2H6O/c2*1-2-3(4)5;2*1-2-3/h2*2H,1H2,(H,4,5);2*3H,2H2,1H3. The third-order valence-corrected chi connectivity index (χ3v) is 0.349. The summed E-state index contributed by atoms with van der Waals surface area (Å²) in [6.45, 7) is 9.78. The highest BCUT2D eigenvalue weighted by Gasteiger charge is 1.73. The lowest BCUT2D eigenvalue weighted by Crippen LogP contribution is -1.82. The zero-order valence-electron chi connectivity index (χ0n) is 9.59. The summed E-state index contributed by atoms with van der Waals surface area (Å²) in [6.07, 6.45) is 1.67. The van der Waals surface area contributed by atoms with Crippen molar-refractivity contribution < 1.29 is 30.0 Å². The van der Waals surface area contributed by atoms with Gasteiger partial charge in [-0.2, -0.15) is 0 Å². The molecule has 16 heavy (non-hydrogen) atoms. The summed E-state index contributed by atoms with van der Waals surface area (Å²) in [4.78, 5) is 18.5. The number of carboxylic acids is 2. The van der Waals surface area contributed by atoms with E-state index in [0.29, 0.717) is 0 Å². The lowest BCUT2D eigenvalue weighted by atomic mass is 10.7. The quantitative estimate of drug-likeness (QED) is 0.519. The van der Waals surface area contributed by atoms with Crippen LogP contribution >= 0.6 is 0 Å². The molecule has 0 unspecified atom stereocenters. The predicted octanol–water partition coefficient (Wildman–Crippen LogP) is 0.511. The average molecular weight is 236 g/mol. The van der Waals surface area contributed by atoms with E-state index in [1.54, 1.807) is 13.8 Å². The van der Waals surface area contributed by atoms with Gasteiger partial charge < -0.3 is 20.4 Å². The highest BCUT2D eigenvalue weighted by Crippen LogP contribution is 1.55. The van der Waals surface area contributed by atoms with E-state index in [9.17, 15) is 9.59 Å². The van der Waals surface area contributed by atoms with E-state index in [1.165, 1.54) is 0 Å². The highest BCUT2D eigenvalue weighted by atomic mass is 16.4. The Morgan fingerprint density at radius 1 is 0.938 bits per heavy atom. The van der Waals surface area contributed by atoms with Crippen molar-refractivity contribution in [1.29, 1.82) is 0 Å². The Hall–Kier alpha value is -1.66. The first-order chi connectivity index (χ1) is 7.37. The van der Waals surface area contributed by atoms with Crippen molar-refractivity contribution in [2.75, 3.05) is 13.2 Å². The van der Waals surface area contributed by atoms with E-state index in [0.717, 1.165) is 12.2 Å². The Bertz CT molecular complexity index is 156. The molecule has 0 rings (SSSR count). The molecule has 0 aliphatic carbocycles. The van der Waals surface area contributed by atoms with E-state index in [4.69, 9.17) is 20.4 Å². The first-order valence-corrected chi connectivity index (χ1v) is 4.30. The molecule has 0 saturated heterocycles. The number of hydrogen-bond acceptors (Lipinski definition) is 4. The second-order valence-corrected chi connectivity index (χ2v) is 1.72. The second-order valence-electron chi connectivity index (χ2n) is 1.72. The maximum atomic E-state index is 9.25. The van der Waals surface area contributed by atoms with Crippen LogP contribution in [0.25, 0.3) is 0 Å². The number of rotatable bonds is 2. The van der Waals surface area contributed by atoms with Crippen LogP contribution in [0.3, 0.4) is 0 Å². The molecule has 4 N–H and O–H groups in total. The first kappa shape index (κ1) is 23.9. The maximum absolute atomic E-state index is 9.25.